The van der Waals surface area contributed by atoms with E-state index >= 15 is 0 Å². The number of para-hydroxylation sites is 1. The predicted molar refractivity (Wildman–Crippen MR) is 64.2 cm³/mol. The number of nitrogens with zero attached hydrogens (tertiary/aromatic N) is 1. The molecule has 0 fully saturated rings. The Labute approximate surface area is 95.4 Å². The normalized spacial score (nSPS) is 13.8. The van der Waals surface area contributed by atoms with E-state index in [1.54, 1.807) is 12.1 Å². The van der Waals surface area contributed by atoms with Gasteiger partial charge in [0.1, 0.15) is 0 Å². The first-order valence-electron chi connectivity index (χ1n) is 5.32. The van der Waals surface area contributed by atoms with Crippen LogP contribution in [-0.4, -0.2) is 11.8 Å². The average molecular weight is 217 g/mol. The molecule has 0 radical (unpaired) electrons. The van der Waals surface area contributed by atoms with Gasteiger partial charge in [-0.2, -0.15) is 0 Å². The van der Waals surface area contributed by atoms with Crippen molar-refractivity contribution in [2.45, 2.75) is 20.8 Å². The number of aryl methyl sites for hydroxylation is 1. The molecule has 0 saturated heterocycles. The van der Waals surface area contributed by atoms with Crippen LogP contribution in [0.4, 0.5) is 5.69 Å². The second-order valence-corrected chi connectivity index (χ2v) is 3.13. The summed E-state index contributed by atoms with van der Waals surface area (Å²) in [6.07, 6.45) is 2.57. The molecule has 3 nitrogen and oxygen atoms in total. The van der Waals surface area contributed by atoms with Crippen LogP contribution < -0.4 is 4.90 Å². The van der Waals surface area contributed by atoms with E-state index in [4.69, 9.17) is 0 Å². The van der Waals surface area contributed by atoms with Crippen molar-refractivity contribution in [2.24, 2.45) is 0 Å². The minimum Gasteiger partial charge on any atom is -0.269 e. The van der Waals surface area contributed by atoms with E-state index in [1.165, 1.54) is 17.1 Å². The molecule has 1 heterocycles. The molecule has 0 atom stereocenters. The highest BCUT2D eigenvalue weighted by Crippen LogP contribution is 2.22. The number of hydrogen-bond donors (Lipinski definition) is 0. The maximum absolute atomic E-state index is 11.4. The van der Waals surface area contributed by atoms with Gasteiger partial charge < -0.3 is 0 Å². The van der Waals surface area contributed by atoms with Crippen LogP contribution in [0.2, 0.25) is 0 Å². The molecule has 1 aromatic carbocycles. The van der Waals surface area contributed by atoms with Gasteiger partial charge in [-0.1, -0.05) is 32.0 Å². The van der Waals surface area contributed by atoms with Crippen molar-refractivity contribution >= 4 is 17.5 Å². The number of anilines is 1. The maximum atomic E-state index is 11.4. The van der Waals surface area contributed by atoms with Crippen LogP contribution in [0.1, 0.15) is 19.4 Å². The molecule has 2 amide bonds. The fraction of sp³-hybridized carbons (Fsp3) is 0.231. The lowest BCUT2D eigenvalue weighted by Crippen LogP contribution is -2.30. The molecule has 1 aromatic rings. The molecule has 0 N–H and O–H groups in total. The van der Waals surface area contributed by atoms with Crippen LogP contribution in [0.5, 0.6) is 0 Å². The minimum absolute atomic E-state index is 0.274. The van der Waals surface area contributed by atoms with Crippen LogP contribution >= 0.6 is 0 Å². The molecule has 0 aliphatic carbocycles. The Hall–Kier alpha value is -1.90. The van der Waals surface area contributed by atoms with Crippen molar-refractivity contribution in [3.63, 3.8) is 0 Å². The number of imide groups is 1. The number of benzene rings is 1. The van der Waals surface area contributed by atoms with E-state index in [0.717, 1.165) is 5.56 Å². The van der Waals surface area contributed by atoms with Gasteiger partial charge in [-0.05, 0) is 18.6 Å². The molecule has 16 heavy (non-hydrogen) atoms. The second-order valence-electron chi connectivity index (χ2n) is 3.13. The Morgan fingerprint density at radius 3 is 1.94 bits per heavy atom. The molecule has 84 valence electrons. The Morgan fingerprint density at radius 1 is 0.938 bits per heavy atom. The quantitative estimate of drug-likeness (QED) is 0.677. The third-order valence-corrected chi connectivity index (χ3v) is 2.17. The molecule has 1 aliphatic rings. The number of hydrogen-bond acceptors (Lipinski definition) is 2. The van der Waals surface area contributed by atoms with E-state index in [1.807, 2.05) is 32.9 Å². The lowest BCUT2D eigenvalue weighted by molar-refractivity contribution is -0.119. The van der Waals surface area contributed by atoms with Gasteiger partial charge in [-0.3, -0.25) is 9.59 Å². The summed E-state index contributed by atoms with van der Waals surface area (Å²) in [5.74, 6) is -0.548. The third-order valence-electron chi connectivity index (χ3n) is 2.17. The number of amides is 2. The number of carbonyl (C=O) groups is 2. The SMILES string of the molecule is CC.Cc1ccccc1N1C(=O)C=CC1=O. The Bertz CT molecular complexity index is 417. The van der Waals surface area contributed by atoms with Gasteiger partial charge in [0.05, 0.1) is 5.69 Å². The van der Waals surface area contributed by atoms with Gasteiger partial charge in [0.25, 0.3) is 11.8 Å². The fourth-order valence-electron chi connectivity index (χ4n) is 1.45. The summed E-state index contributed by atoms with van der Waals surface area (Å²) in [6, 6.07) is 7.31. The third kappa shape index (κ3) is 2.19. The topological polar surface area (TPSA) is 37.4 Å². The Kier molecular flexibility index (Phi) is 4.00. The van der Waals surface area contributed by atoms with Crippen LogP contribution in [0.15, 0.2) is 36.4 Å². The van der Waals surface area contributed by atoms with E-state index in [2.05, 4.69) is 0 Å². The number of carbonyl (C=O) groups excluding carboxylic acids is 2. The summed E-state index contributed by atoms with van der Waals surface area (Å²) < 4.78 is 0. The first-order valence-corrected chi connectivity index (χ1v) is 5.32. The summed E-state index contributed by atoms with van der Waals surface area (Å²) in [6.45, 7) is 5.87. The van der Waals surface area contributed by atoms with Gasteiger partial charge in [0, 0.05) is 12.2 Å². The smallest absolute Gasteiger partial charge is 0.258 e. The highest BCUT2D eigenvalue weighted by molar-refractivity contribution is 6.28. The standard InChI is InChI=1S/C11H9NO2.C2H6/c1-8-4-2-3-5-9(8)12-10(13)6-7-11(12)14;1-2/h2-7H,1H3;1-2H3. The zero-order valence-electron chi connectivity index (χ0n) is 9.73. The highest BCUT2D eigenvalue weighted by Gasteiger charge is 2.25. The van der Waals surface area contributed by atoms with Crippen LogP contribution in [-0.2, 0) is 9.59 Å². The number of rotatable bonds is 1. The first-order chi connectivity index (χ1) is 7.70. The second kappa shape index (κ2) is 5.26. The van der Waals surface area contributed by atoms with Crippen molar-refractivity contribution in [3.8, 4) is 0 Å². The summed E-state index contributed by atoms with van der Waals surface area (Å²) >= 11 is 0. The van der Waals surface area contributed by atoms with Gasteiger partial charge >= 0.3 is 0 Å². The van der Waals surface area contributed by atoms with Crippen LogP contribution in [0.3, 0.4) is 0 Å². The first kappa shape index (κ1) is 12.2. The van der Waals surface area contributed by atoms with E-state index in [-0.39, 0.29) is 11.8 Å². The van der Waals surface area contributed by atoms with Crippen molar-refractivity contribution in [2.75, 3.05) is 4.90 Å². The summed E-state index contributed by atoms with van der Waals surface area (Å²) in [7, 11) is 0. The Balaban J connectivity index is 0.000000606. The van der Waals surface area contributed by atoms with Gasteiger partial charge in [-0.15, -0.1) is 0 Å². The zero-order chi connectivity index (χ0) is 12.1. The molecule has 0 aromatic heterocycles. The summed E-state index contributed by atoms with van der Waals surface area (Å²) in [5.41, 5.74) is 1.57. The average Bonchev–Trinajstić information content (AvgIpc) is 2.63. The van der Waals surface area contributed by atoms with Crippen molar-refractivity contribution in [1.29, 1.82) is 0 Å². The van der Waals surface area contributed by atoms with Crippen molar-refractivity contribution in [3.05, 3.63) is 42.0 Å². The summed E-state index contributed by atoms with van der Waals surface area (Å²) in [4.78, 5) is 23.9. The highest BCUT2D eigenvalue weighted by atomic mass is 16.2. The molecule has 2 rings (SSSR count). The van der Waals surface area contributed by atoms with Crippen molar-refractivity contribution < 1.29 is 9.59 Å². The monoisotopic (exact) mass is 217 g/mol. The molecule has 0 bridgehead atoms. The molecular weight excluding hydrogens is 202 g/mol. The lowest BCUT2D eigenvalue weighted by Gasteiger charge is -2.15. The van der Waals surface area contributed by atoms with Gasteiger partial charge in [0.15, 0.2) is 0 Å². The lowest BCUT2D eigenvalue weighted by atomic mass is 10.2. The van der Waals surface area contributed by atoms with Gasteiger partial charge in [-0.25, -0.2) is 4.90 Å². The van der Waals surface area contributed by atoms with E-state index in [9.17, 15) is 9.59 Å². The molecule has 0 unspecified atom stereocenters. The van der Waals surface area contributed by atoms with Crippen molar-refractivity contribution in [1.82, 2.24) is 0 Å². The molecule has 3 heteroatoms. The molecule has 0 saturated carbocycles. The molecular formula is C13H15NO2. The van der Waals surface area contributed by atoms with E-state index in [0.29, 0.717) is 5.69 Å². The molecule has 0 spiro atoms. The maximum Gasteiger partial charge on any atom is 0.258 e. The predicted octanol–water partition coefficient (Wildman–Crippen LogP) is 2.45. The Morgan fingerprint density at radius 2 is 1.44 bits per heavy atom. The molecule has 1 aliphatic heterocycles. The zero-order valence-corrected chi connectivity index (χ0v) is 9.73. The van der Waals surface area contributed by atoms with Crippen LogP contribution in [0, 0.1) is 6.92 Å². The van der Waals surface area contributed by atoms with Crippen LogP contribution in [0.25, 0.3) is 0 Å². The fourth-order valence-corrected chi connectivity index (χ4v) is 1.45. The minimum atomic E-state index is -0.274. The summed E-state index contributed by atoms with van der Waals surface area (Å²) in [5, 5.41) is 0. The van der Waals surface area contributed by atoms with Gasteiger partial charge in [0.2, 0.25) is 0 Å². The largest absolute Gasteiger partial charge is 0.269 e. The van der Waals surface area contributed by atoms with E-state index < -0.39 is 0 Å².